The van der Waals surface area contributed by atoms with Crippen LogP contribution in [0.1, 0.15) is 26.7 Å². The fraction of sp³-hybridized carbons (Fsp3) is 0.500. The Balaban J connectivity index is 2.15. The average Bonchev–Trinajstić information content (AvgIpc) is 2.88. The molecule has 0 aromatic heterocycles. The molecule has 110 valence electrons. The molecule has 1 fully saturated rings. The van der Waals surface area contributed by atoms with Crippen LogP contribution >= 0.6 is 35.0 Å². The van der Waals surface area contributed by atoms with E-state index in [1.807, 2.05) is 13.8 Å². The molecule has 1 saturated heterocycles. The molecule has 1 heterocycles. The van der Waals surface area contributed by atoms with Gasteiger partial charge in [-0.25, -0.2) is 0 Å². The van der Waals surface area contributed by atoms with Crippen molar-refractivity contribution in [3.63, 3.8) is 0 Å². The molecule has 1 aromatic rings. The van der Waals surface area contributed by atoms with Gasteiger partial charge in [-0.3, -0.25) is 4.79 Å². The zero-order valence-electron chi connectivity index (χ0n) is 11.4. The minimum Gasteiger partial charge on any atom is -0.489 e. The molecule has 0 bridgehead atoms. The van der Waals surface area contributed by atoms with Crippen LogP contribution in [0.2, 0.25) is 10.0 Å². The zero-order valence-corrected chi connectivity index (χ0v) is 13.7. The van der Waals surface area contributed by atoms with Gasteiger partial charge in [0.15, 0.2) is 0 Å². The van der Waals surface area contributed by atoms with Crippen LogP contribution in [0.4, 0.5) is 5.69 Å². The lowest BCUT2D eigenvalue weighted by atomic mass is 10.2. The third kappa shape index (κ3) is 3.96. The Labute approximate surface area is 133 Å². The second-order valence-corrected chi connectivity index (χ2v) is 7.05. The van der Waals surface area contributed by atoms with Crippen LogP contribution in [0, 0.1) is 0 Å². The Bertz CT molecular complexity index is 502. The van der Waals surface area contributed by atoms with Gasteiger partial charge in [-0.1, -0.05) is 23.2 Å². The number of benzene rings is 1. The van der Waals surface area contributed by atoms with Crippen molar-refractivity contribution in [3.05, 3.63) is 22.2 Å². The van der Waals surface area contributed by atoms with E-state index in [1.54, 1.807) is 23.9 Å². The summed E-state index contributed by atoms with van der Waals surface area (Å²) < 4.78 is 5.60. The predicted molar refractivity (Wildman–Crippen MR) is 86.3 cm³/mol. The number of nitrogens with one attached hydrogen (secondary N) is 1. The van der Waals surface area contributed by atoms with Crippen molar-refractivity contribution in [2.75, 3.05) is 11.1 Å². The van der Waals surface area contributed by atoms with Crippen molar-refractivity contribution in [2.24, 2.45) is 0 Å². The molecule has 1 unspecified atom stereocenters. The normalized spacial score (nSPS) is 18.4. The van der Waals surface area contributed by atoms with Gasteiger partial charge in [0.05, 0.1) is 27.1 Å². The molecule has 0 aliphatic carbocycles. The number of hydrogen-bond acceptors (Lipinski definition) is 3. The smallest absolute Gasteiger partial charge is 0.237 e. The van der Waals surface area contributed by atoms with E-state index in [1.165, 1.54) is 0 Å². The summed E-state index contributed by atoms with van der Waals surface area (Å²) in [5.41, 5.74) is 0.546. The average molecular weight is 334 g/mol. The number of rotatable bonds is 4. The van der Waals surface area contributed by atoms with Gasteiger partial charge in [0.2, 0.25) is 5.91 Å². The van der Waals surface area contributed by atoms with Crippen LogP contribution in [0.5, 0.6) is 5.75 Å². The van der Waals surface area contributed by atoms with Crippen LogP contribution in [-0.2, 0) is 4.79 Å². The topological polar surface area (TPSA) is 38.3 Å². The second-order valence-electron chi connectivity index (χ2n) is 4.92. The highest BCUT2D eigenvalue weighted by atomic mass is 35.5. The van der Waals surface area contributed by atoms with Gasteiger partial charge in [-0.15, -0.1) is 11.8 Å². The van der Waals surface area contributed by atoms with Crippen LogP contribution in [-0.4, -0.2) is 23.0 Å². The SMILES string of the molecule is CC(C)Oc1cc(NC(=O)C2CCCS2)c(Cl)cc1Cl. The largest absolute Gasteiger partial charge is 0.489 e. The number of carbonyl (C=O) groups is 1. The number of anilines is 1. The first-order valence-electron chi connectivity index (χ1n) is 6.55. The molecule has 3 nitrogen and oxygen atoms in total. The Hall–Kier alpha value is -0.580. The lowest BCUT2D eigenvalue weighted by Crippen LogP contribution is -2.23. The van der Waals surface area contributed by atoms with Crippen molar-refractivity contribution in [1.82, 2.24) is 0 Å². The van der Waals surface area contributed by atoms with E-state index < -0.39 is 0 Å². The van der Waals surface area contributed by atoms with Gasteiger partial charge < -0.3 is 10.1 Å². The Morgan fingerprint density at radius 1 is 1.40 bits per heavy atom. The molecular weight excluding hydrogens is 317 g/mol. The van der Waals surface area contributed by atoms with Crippen molar-refractivity contribution >= 4 is 46.6 Å². The quantitative estimate of drug-likeness (QED) is 0.873. The minimum atomic E-state index is -0.00720. The first-order valence-corrected chi connectivity index (χ1v) is 8.36. The van der Waals surface area contributed by atoms with E-state index in [0.717, 1.165) is 18.6 Å². The summed E-state index contributed by atoms with van der Waals surface area (Å²) in [6.07, 6.45) is 2.00. The minimum absolute atomic E-state index is 0.00242. The number of hydrogen-bond donors (Lipinski definition) is 1. The zero-order chi connectivity index (χ0) is 14.7. The lowest BCUT2D eigenvalue weighted by Gasteiger charge is -2.16. The Kier molecular flexibility index (Phi) is 5.47. The van der Waals surface area contributed by atoms with Gasteiger partial charge in [0, 0.05) is 6.07 Å². The van der Waals surface area contributed by atoms with Crippen LogP contribution in [0.3, 0.4) is 0 Å². The molecule has 6 heteroatoms. The van der Waals surface area contributed by atoms with E-state index in [2.05, 4.69) is 5.32 Å². The molecule has 1 aliphatic heterocycles. The fourth-order valence-electron chi connectivity index (χ4n) is 1.97. The van der Waals surface area contributed by atoms with E-state index in [9.17, 15) is 4.79 Å². The van der Waals surface area contributed by atoms with Crippen molar-refractivity contribution in [2.45, 2.75) is 38.0 Å². The molecule has 1 amide bonds. The first kappa shape index (κ1) is 15.8. The van der Waals surface area contributed by atoms with Gasteiger partial charge in [0.25, 0.3) is 0 Å². The molecule has 1 aromatic carbocycles. The van der Waals surface area contributed by atoms with Crippen molar-refractivity contribution < 1.29 is 9.53 Å². The molecular formula is C14H17Cl2NO2S. The Morgan fingerprint density at radius 2 is 2.15 bits per heavy atom. The van der Waals surface area contributed by atoms with Crippen LogP contribution < -0.4 is 10.1 Å². The summed E-state index contributed by atoms with van der Waals surface area (Å²) in [5, 5.41) is 3.73. The van der Waals surface area contributed by atoms with Crippen LogP contribution in [0.15, 0.2) is 12.1 Å². The van der Waals surface area contributed by atoms with E-state index in [4.69, 9.17) is 27.9 Å². The van der Waals surface area contributed by atoms with E-state index in [0.29, 0.717) is 21.5 Å². The summed E-state index contributed by atoms with van der Waals surface area (Å²) in [6, 6.07) is 3.28. The highest BCUT2D eigenvalue weighted by Crippen LogP contribution is 2.36. The van der Waals surface area contributed by atoms with Crippen LogP contribution in [0.25, 0.3) is 0 Å². The maximum atomic E-state index is 12.1. The Morgan fingerprint density at radius 3 is 2.75 bits per heavy atom. The van der Waals surface area contributed by atoms with Gasteiger partial charge in [0.1, 0.15) is 5.75 Å². The highest BCUT2D eigenvalue weighted by Gasteiger charge is 2.24. The van der Waals surface area contributed by atoms with Gasteiger partial charge >= 0.3 is 0 Å². The molecule has 1 aliphatic rings. The molecule has 1 N–H and O–H groups in total. The van der Waals surface area contributed by atoms with E-state index >= 15 is 0 Å². The van der Waals surface area contributed by atoms with Gasteiger partial charge in [-0.05, 0) is 38.5 Å². The molecule has 2 rings (SSSR count). The summed E-state index contributed by atoms with van der Waals surface area (Å²) in [4.78, 5) is 12.1. The maximum absolute atomic E-state index is 12.1. The van der Waals surface area contributed by atoms with Crippen molar-refractivity contribution in [1.29, 1.82) is 0 Å². The fourth-order valence-corrected chi connectivity index (χ4v) is 3.60. The standard InChI is InChI=1S/C14H17Cl2NO2S/c1-8(2)19-12-7-11(9(15)6-10(12)16)17-14(18)13-4-3-5-20-13/h6-8,13H,3-5H2,1-2H3,(H,17,18). The molecule has 0 spiro atoms. The lowest BCUT2D eigenvalue weighted by molar-refractivity contribution is -0.115. The number of amides is 1. The number of carbonyl (C=O) groups excluding carboxylic acids is 1. The number of halogens is 2. The second kappa shape index (κ2) is 6.92. The van der Waals surface area contributed by atoms with Gasteiger partial charge in [-0.2, -0.15) is 0 Å². The third-order valence-corrected chi connectivity index (χ3v) is 4.85. The molecule has 0 saturated carbocycles. The monoisotopic (exact) mass is 333 g/mol. The molecule has 1 atom stereocenters. The predicted octanol–water partition coefficient (Wildman–Crippen LogP) is 4.61. The summed E-state index contributed by atoms with van der Waals surface area (Å²) in [5.74, 6) is 1.56. The summed E-state index contributed by atoms with van der Waals surface area (Å²) in [7, 11) is 0. The van der Waals surface area contributed by atoms with Crippen molar-refractivity contribution in [3.8, 4) is 5.75 Å². The summed E-state index contributed by atoms with van der Waals surface area (Å²) in [6.45, 7) is 3.83. The first-order chi connectivity index (χ1) is 9.47. The summed E-state index contributed by atoms with van der Waals surface area (Å²) >= 11 is 13.9. The van der Waals surface area contributed by atoms with E-state index in [-0.39, 0.29) is 17.3 Å². The number of ether oxygens (including phenoxy) is 1. The molecule has 20 heavy (non-hydrogen) atoms. The third-order valence-electron chi connectivity index (χ3n) is 2.86. The molecule has 0 radical (unpaired) electrons. The maximum Gasteiger partial charge on any atom is 0.237 e. The highest BCUT2D eigenvalue weighted by molar-refractivity contribution is 8.00. The number of thioether (sulfide) groups is 1.